The van der Waals surface area contributed by atoms with Gasteiger partial charge in [0, 0.05) is 18.1 Å². The molecule has 2 aromatic carbocycles. The number of nitrogens with one attached hydrogen (secondary N) is 1. The molecule has 138 valence electrons. The van der Waals surface area contributed by atoms with E-state index in [1.165, 1.54) is 0 Å². The molecule has 26 heavy (non-hydrogen) atoms. The van der Waals surface area contributed by atoms with Crippen LogP contribution >= 0.6 is 0 Å². The molecule has 0 aromatic heterocycles. The van der Waals surface area contributed by atoms with E-state index in [1.54, 1.807) is 7.11 Å². The van der Waals surface area contributed by atoms with Gasteiger partial charge in [-0.25, -0.2) is 4.79 Å². The molecule has 1 aliphatic rings. The maximum Gasteiger partial charge on any atom is 0.405 e. The van der Waals surface area contributed by atoms with Crippen molar-refractivity contribution in [2.24, 2.45) is 5.41 Å². The summed E-state index contributed by atoms with van der Waals surface area (Å²) in [6.45, 7) is 4.60. The van der Waals surface area contributed by atoms with Crippen molar-refractivity contribution in [3.63, 3.8) is 0 Å². The lowest BCUT2D eigenvalue weighted by molar-refractivity contribution is 0.0511. The number of fused-ring (bicyclic) bond motifs is 1. The molecule has 0 radical (unpaired) electrons. The molecule has 3 rings (SSSR count). The van der Waals surface area contributed by atoms with Crippen molar-refractivity contribution in [2.45, 2.75) is 19.9 Å². The van der Waals surface area contributed by atoms with Crippen LogP contribution in [0.3, 0.4) is 0 Å². The van der Waals surface area contributed by atoms with Crippen LogP contribution in [0.5, 0.6) is 11.5 Å². The summed E-state index contributed by atoms with van der Waals surface area (Å²) < 4.78 is 16.3. The number of hydrogen-bond acceptors (Lipinski definition) is 4. The largest absolute Gasteiger partial charge is 0.493 e. The van der Waals surface area contributed by atoms with Crippen molar-refractivity contribution in [2.75, 3.05) is 20.5 Å². The number of rotatable bonds is 5. The minimum atomic E-state index is -1.04. The molecule has 6 heteroatoms. The normalized spacial score (nSPS) is 17.7. The summed E-state index contributed by atoms with van der Waals surface area (Å²) >= 11 is 0. The summed E-state index contributed by atoms with van der Waals surface area (Å²) in [6, 6.07) is 13.2. The predicted octanol–water partition coefficient (Wildman–Crippen LogP) is 4.06. The highest BCUT2D eigenvalue weighted by molar-refractivity contribution is 5.69. The van der Waals surface area contributed by atoms with E-state index in [1.807, 2.05) is 56.3 Å². The Balaban J connectivity index is 1.93. The van der Waals surface area contributed by atoms with E-state index in [2.05, 4.69) is 5.32 Å². The first-order chi connectivity index (χ1) is 12.4. The maximum absolute atomic E-state index is 11.2. The van der Waals surface area contributed by atoms with Crippen LogP contribution in [0.25, 0.3) is 11.1 Å². The van der Waals surface area contributed by atoms with Gasteiger partial charge in [-0.05, 0) is 29.3 Å². The van der Waals surface area contributed by atoms with Crippen molar-refractivity contribution < 1.29 is 24.1 Å². The van der Waals surface area contributed by atoms with E-state index in [9.17, 15) is 9.90 Å². The molecule has 2 aromatic rings. The zero-order valence-electron chi connectivity index (χ0n) is 15.1. The molecule has 1 heterocycles. The van der Waals surface area contributed by atoms with Gasteiger partial charge < -0.3 is 24.6 Å². The van der Waals surface area contributed by atoms with Crippen LogP contribution in [0.15, 0.2) is 42.5 Å². The molecule has 1 atom stereocenters. The fourth-order valence-corrected chi connectivity index (χ4v) is 3.13. The second-order valence-electron chi connectivity index (χ2n) is 6.99. The standard InChI is InChI=1S/C20H23NO5/c1-20(2)11-25-17-10-14(7-8-16(17)18(20)21-19(22)23)13-5-4-6-15(9-13)26-12-24-3/h4-10,18,21H,11-12H2,1-3H3,(H,22,23). The van der Waals surface area contributed by atoms with E-state index >= 15 is 0 Å². The minimum Gasteiger partial charge on any atom is -0.493 e. The summed E-state index contributed by atoms with van der Waals surface area (Å²) in [5.74, 6) is 1.42. The predicted molar refractivity (Wildman–Crippen MR) is 97.6 cm³/mol. The third-order valence-electron chi connectivity index (χ3n) is 4.48. The Morgan fingerprint density at radius 3 is 2.77 bits per heavy atom. The summed E-state index contributed by atoms with van der Waals surface area (Å²) in [4.78, 5) is 11.2. The summed E-state index contributed by atoms with van der Waals surface area (Å²) in [7, 11) is 1.58. The molecule has 1 unspecified atom stereocenters. The highest BCUT2D eigenvalue weighted by atomic mass is 16.7. The van der Waals surface area contributed by atoms with E-state index in [0.717, 1.165) is 22.4 Å². The molecule has 0 spiro atoms. The van der Waals surface area contributed by atoms with Crippen LogP contribution in [-0.2, 0) is 4.74 Å². The summed E-state index contributed by atoms with van der Waals surface area (Å²) in [6.07, 6.45) is -1.04. The molecule has 2 N–H and O–H groups in total. The SMILES string of the molecule is COCOc1cccc(-c2ccc3c(c2)OCC(C)(C)C3NC(=O)O)c1. The van der Waals surface area contributed by atoms with Gasteiger partial charge in [0.15, 0.2) is 6.79 Å². The molecule has 0 saturated heterocycles. The Hall–Kier alpha value is -2.73. The van der Waals surface area contributed by atoms with Gasteiger partial charge in [-0.1, -0.05) is 38.1 Å². The van der Waals surface area contributed by atoms with Crippen molar-refractivity contribution >= 4 is 6.09 Å². The zero-order valence-corrected chi connectivity index (χ0v) is 15.1. The van der Waals surface area contributed by atoms with Crippen LogP contribution in [-0.4, -0.2) is 31.7 Å². The van der Waals surface area contributed by atoms with Crippen LogP contribution < -0.4 is 14.8 Å². The number of carboxylic acid groups (broad SMARTS) is 1. The average molecular weight is 357 g/mol. The maximum atomic E-state index is 11.2. The van der Waals surface area contributed by atoms with Gasteiger partial charge in [0.05, 0.1) is 12.6 Å². The minimum absolute atomic E-state index is 0.189. The Morgan fingerprint density at radius 2 is 2.04 bits per heavy atom. The van der Waals surface area contributed by atoms with Crippen LogP contribution in [0, 0.1) is 5.41 Å². The highest BCUT2D eigenvalue weighted by Crippen LogP contribution is 2.44. The summed E-state index contributed by atoms with van der Waals surface area (Å²) in [5.41, 5.74) is 2.47. The van der Waals surface area contributed by atoms with E-state index < -0.39 is 6.09 Å². The summed E-state index contributed by atoms with van der Waals surface area (Å²) in [5, 5.41) is 11.8. The second-order valence-corrected chi connectivity index (χ2v) is 6.99. The van der Waals surface area contributed by atoms with Gasteiger partial charge in [-0.15, -0.1) is 0 Å². The number of carbonyl (C=O) groups is 1. The number of benzene rings is 2. The second kappa shape index (κ2) is 7.25. The lowest BCUT2D eigenvalue weighted by atomic mass is 9.78. The molecule has 0 fully saturated rings. The van der Waals surface area contributed by atoms with E-state index in [4.69, 9.17) is 14.2 Å². The van der Waals surface area contributed by atoms with Crippen LogP contribution in [0.2, 0.25) is 0 Å². The highest BCUT2D eigenvalue weighted by Gasteiger charge is 2.38. The Labute approximate surface area is 152 Å². The molecule has 6 nitrogen and oxygen atoms in total. The molecule has 0 aliphatic carbocycles. The molecule has 0 saturated carbocycles. The number of methoxy groups -OCH3 is 1. The molecule has 0 bridgehead atoms. The van der Waals surface area contributed by atoms with Gasteiger partial charge in [-0.2, -0.15) is 0 Å². The first-order valence-corrected chi connectivity index (χ1v) is 8.39. The van der Waals surface area contributed by atoms with Gasteiger partial charge in [0.1, 0.15) is 11.5 Å². The molecule has 1 amide bonds. The van der Waals surface area contributed by atoms with Gasteiger partial charge in [0.2, 0.25) is 0 Å². The monoisotopic (exact) mass is 357 g/mol. The van der Waals surface area contributed by atoms with Crippen molar-refractivity contribution in [1.82, 2.24) is 5.32 Å². The van der Waals surface area contributed by atoms with Crippen molar-refractivity contribution in [3.8, 4) is 22.6 Å². The fraction of sp³-hybridized carbons (Fsp3) is 0.350. The van der Waals surface area contributed by atoms with E-state index in [-0.39, 0.29) is 18.2 Å². The van der Waals surface area contributed by atoms with Crippen molar-refractivity contribution in [1.29, 1.82) is 0 Å². The lowest BCUT2D eigenvalue weighted by Crippen LogP contribution is -2.43. The molecular weight excluding hydrogens is 334 g/mol. The Kier molecular flexibility index (Phi) is 5.04. The number of amides is 1. The first kappa shape index (κ1) is 18.1. The quantitative estimate of drug-likeness (QED) is 0.789. The molecular formula is C20H23NO5. The van der Waals surface area contributed by atoms with Crippen LogP contribution in [0.1, 0.15) is 25.5 Å². The molecule has 1 aliphatic heterocycles. The van der Waals surface area contributed by atoms with Gasteiger partial charge in [-0.3, -0.25) is 0 Å². The number of hydrogen-bond donors (Lipinski definition) is 2. The van der Waals surface area contributed by atoms with Gasteiger partial charge in [0.25, 0.3) is 0 Å². The first-order valence-electron chi connectivity index (χ1n) is 8.39. The third-order valence-corrected chi connectivity index (χ3v) is 4.48. The van der Waals surface area contributed by atoms with Crippen molar-refractivity contribution in [3.05, 3.63) is 48.0 Å². The van der Waals surface area contributed by atoms with Gasteiger partial charge >= 0.3 is 6.09 Å². The fourth-order valence-electron chi connectivity index (χ4n) is 3.13. The van der Waals surface area contributed by atoms with E-state index in [0.29, 0.717) is 12.4 Å². The third kappa shape index (κ3) is 3.75. The Morgan fingerprint density at radius 1 is 1.27 bits per heavy atom. The zero-order chi connectivity index (χ0) is 18.7. The smallest absolute Gasteiger partial charge is 0.405 e. The number of ether oxygens (including phenoxy) is 3. The topological polar surface area (TPSA) is 77.0 Å². The van der Waals surface area contributed by atoms with Crippen LogP contribution in [0.4, 0.5) is 4.79 Å². The lowest BCUT2D eigenvalue weighted by Gasteiger charge is -2.39. The average Bonchev–Trinajstić information content (AvgIpc) is 2.62. The Bertz CT molecular complexity index is 803.